The SMILES string of the molecule is O=C1OC2(CCC(C(=O)NC3CCN(c4cccc(F)c4)C(=O)C3)CC2)c2ccccc21. The van der Waals surface area contributed by atoms with Gasteiger partial charge in [-0.25, -0.2) is 9.18 Å². The molecule has 5 rings (SSSR count). The van der Waals surface area contributed by atoms with E-state index in [0.29, 0.717) is 49.9 Å². The van der Waals surface area contributed by atoms with Crippen LogP contribution in [0.15, 0.2) is 48.5 Å². The summed E-state index contributed by atoms with van der Waals surface area (Å²) in [6.45, 7) is 0.438. The minimum atomic E-state index is -0.614. The van der Waals surface area contributed by atoms with Gasteiger partial charge in [-0.1, -0.05) is 24.3 Å². The summed E-state index contributed by atoms with van der Waals surface area (Å²) in [5.74, 6) is -0.995. The van der Waals surface area contributed by atoms with Crippen LogP contribution in [0.2, 0.25) is 0 Å². The second-order valence-electron chi connectivity index (χ2n) is 8.93. The highest BCUT2D eigenvalue weighted by Crippen LogP contribution is 2.48. The molecule has 1 spiro atoms. The standard InChI is InChI=1S/C25H25FN2O4/c26-17-4-3-5-19(14-17)28-13-10-18(15-22(28)29)27-23(30)16-8-11-25(12-9-16)21-7-2-1-6-20(21)24(31)32-25/h1-7,14,16,18H,8-13,15H2,(H,27,30). The molecular formula is C25H25FN2O4. The zero-order valence-corrected chi connectivity index (χ0v) is 17.7. The molecule has 2 aromatic rings. The summed E-state index contributed by atoms with van der Waals surface area (Å²) in [7, 11) is 0. The van der Waals surface area contributed by atoms with Crippen LogP contribution in [0, 0.1) is 11.7 Å². The van der Waals surface area contributed by atoms with Crippen molar-refractivity contribution in [2.24, 2.45) is 5.92 Å². The van der Waals surface area contributed by atoms with Gasteiger partial charge in [0.25, 0.3) is 0 Å². The minimum Gasteiger partial charge on any atom is -0.451 e. The summed E-state index contributed by atoms with van der Waals surface area (Å²) < 4.78 is 19.3. The molecule has 2 amide bonds. The van der Waals surface area contributed by atoms with Crippen LogP contribution in [0.5, 0.6) is 0 Å². The molecule has 1 atom stereocenters. The summed E-state index contributed by atoms with van der Waals surface area (Å²) in [6, 6.07) is 13.3. The predicted octanol–water partition coefficient (Wildman–Crippen LogP) is 3.69. The Bertz CT molecular complexity index is 1080. The van der Waals surface area contributed by atoms with E-state index < -0.39 is 5.60 Å². The van der Waals surface area contributed by atoms with Crippen molar-refractivity contribution in [3.05, 3.63) is 65.5 Å². The van der Waals surface area contributed by atoms with Crippen molar-refractivity contribution in [1.29, 1.82) is 0 Å². The van der Waals surface area contributed by atoms with Crippen molar-refractivity contribution in [2.75, 3.05) is 11.4 Å². The number of fused-ring (bicyclic) bond motifs is 2. The van der Waals surface area contributed by atoms with E-state index in [9.17, 15) is 18.8 Å². The molecule has 0 radical (unpaired) electrons. The third-order valence-corrected chi connectivity index (χ3v) is 6.98. The van der Waals surface area contributed by atoms with E-state index in [-0.39, 0.29) is 42.0 Å². The molecule has 2 heterocycles. The third kappa shape index (κ3) is 3.66. The number of hydrogen-bond donors (Lipinski definition) is 1. The Morgan fingerprint density at radius 2 is 1.84 bits per heavy atom. The number of anilines is 1. The number of benzene rings is 2. The number of carbonyl (C=O) groups excluding carboxylic acids is 3. The number of ether oxygens (including phenoxy) is 1. The Kier molecular flexibility index (Phi) is 5.19. The van der Waals surface area contributed by atoms with Gasteiger partial charge >= 0.3 is 5.97 Å². The summed E-state index contributed by atoms with van der Waals surface area (Å²) >= 11 is 0. The lowest BCUT2D eigenvalue weighted by atomic mass is 9.74. The first kappa shape index (κ1) is 20.7. The number of hydrogen-bond acceptors (Lipinski definition) is 4. The van der Waals surface area contributed by atoms with E-state index in [4.69, 9.17) is 4.74 Å². The first-order valence-corrected chi connectivity index (χ1v) is 11.1. The van der Waals surface area contributed by atoms with Crippen LogP contribution in [0.3, 0.4) is 0 Å². The van der Waals surface area contributed by atoms with E-state index in [0.717, 1.165) is 5.56 Å². The fourth-order valence-corrected chi connectivity index (χ4v) is 5.26. The van der Waals surface area contributed by atoms with E-state index in [1.165, 1.54) is 12.1 Å². The number of piperidine rings is 1. The monoisotopic (exact) mass is 436 g/mol. The van der Waals surface area contributed by atoms with Crippen LogP contribution >= 0.6 is 0 Å². The molecule has 1 saturated carbocycles. The molecule has 1 aliphatic carbocycles. The molecule has 32 heavy (non-hydrogen) atoms. The second kappa shape index (κ2) is 8.04. The molecule has 1 saturated heterocycles. The minimum absolute atomic E-state index is 0.0468. The lowest BCUT2D eigenvalue weighted by molar-refractivity contribution is -0.129. The topological polar surface area (TPSA) is 75.7 Å². The lowest BCUT2D eigenvalue weighted by Gasteiger charge is -2.37. The molecule has 2 aliphatic heterocycles. The average molecular weight is 436 g/mol. The molecular weight excluding hydrogens is 411 g/mol. The zero-order valence-electron chi connectivity index (χ0n) is 17.7. The number of halogens is 1. The Morgan fingerprint density at radius 3 is 2.59 bits per heavy atom. The maximum atomic E-state index is 13.5. The fraction of sp³-hybridized carbons (Fsp3) is 0.400. The first-order valence-electron chi connectivity index (χ1n) is 11.1. The van der Waals surface area contributed by atoms with Crippen LogP contribution in [-0.4, -0.2) is 30.4 Å². The Labute approximate surface area is 185 Å². The van der Waals surface area contributed by atoms with E-state index in [2.05, 4.69) is 5.32 Å². The Morgan fingerprint density at radius 1 is 1.06 bits per heavy atom. The van der Waals surface area contributed by atoms with Crippen molar-refractivity contribution in [3.8, 4) is 0 Å². The number of rotatable bonds is 3. The van der Waals surface area contributed by atoms with Crippen molar-refractivity contribution in [3.63, 3.8) is 0 Å². The fourth-order valence-electron chi connectivity index (χ4n) is 5.26. The molecule has 1 N–H and O–H groups in total. The molecule has 6 nitrogen and oxygen atoms in total. The molecule has 166 valence electrons. The molecule has 7 heteroatoms. The van der Waals surface area contributed by atoms with Gasteiger partial charge < -0.3 is 15.0 Å². The summed E-state index contributed by atoms with van der Waals surface area (Å²) in [5, 5.41) is 3.04. The molecule has 2 fully saturated rings. The summed E-state index contributed by atoms with van der Waals surface area (Å²) in [6.07, 6.45) is 3.31. The number of nitrogens with one attached hydrogen (secondary N) is 1. The first-order chi connectivity index (χ1) is 15.4. The van der Waals surface area contributed by atoms with Crippen molar-refractivity contribution in [1.82, 2.24) is 5.32 Å². The second-order valence-corrected chi connectivity index (χ2v) is 8.93. The molecule has 0 aromatic heterocycles. The lowest BCUT2D eigenvalue weighted by Crippen LogP contribution is -2.49. The maximum absolute atomic E-state index is 13.5. The van der Waals surface area contributed by atoms with Gasteiger partial charge in [0, 0.05) is 36.2 Å². The van der Waals surface area contributed by atoms with Crippen LogP contribution in [0.1, 0.15) is 54.4 Å². The maximum Gasteiger partial charge on any atom is 0.339 e. The van der Waals surface area contributed by atoms with Gasteiger partial charge in [-0.3, -0.25) is 9.59 Å². The number of nitrogens with zero attached hydrogens (tertiary/aromatic N) is 1. The van der Waals surface area contributed by atoms with Gasteiger partial charge in [0.15, 0.2) is 0 Å². The van der Waals surface area contributed by atoms with E-state index >= 15 is 0 Å². The largest absolute Gasteiger partial charge is 0.451 e. The van der Waals surface area contributed by atoms with Gasteiger partial charge in [-0.15, -0.1) is 0 Å². The van der Waals surface area contributed by atoms with Gasteiger partial charge in [-0.2, -0.15) is 0 Å². The highest BCUT2D eigenvalue weighted by atomic mass is 19.1. The van der Waals surface area contributed by atoms with Gasteiger partial charge in [0.05, 0.1) is 5.56 Å². The highest BCUT2D eigenvalue weighted by Gasteiger charge is 2.48. The van der Waals surface area contributed by atoms with Crippen LogP contribution < -0.4 is 10.2 Å². The van der Waals surface area contributed by atoms with Crippen molar-refractivity contribution >= 4 is 23.5 Å². The van der Waals surface area contributed by atoms with E-state index in [1.807, 2.05) is 18.2 Å². The summed E-state index contributed by atoms with van der Waals surface area (Å²) in [5.41, 5.74) is 1.48. The van der Waals surface area contributed by atoms with Gasteiger partial charge in [0.1, 0.15) is 11.4 Å². The highest BCUT2D eigenvalue weighted by molar-refractivity contribution is 5.95. The van der Waals surface area contributed by atoms with Gasteiger partial charge in [-0.05, 0) is 56.4 Å². The molecule has 1 unspecified atom stereocenters. The van der Waals surface area contributed by atoms with Gasteiger partial charge in [0.2, 0.25) is 11.8 Å². The van der Waals surface area contributed by atoms with Crippen LogP contribution in [0.25, 0.3) is 0 Å². The Balaban J connectivity index is 1.17. The van der Waals surface area contributed by atoms with Crippen LogP contribution in [-0.2, 0) is 19.9 Å². The number of amides is 2. The van der Waals surface area contributed by atoms with Crippen LogP contribution in [0.4, 0.5) is 10.1 Å². The molecule has 0 bridgehead atoms. The molecule has 2 aromatic carbocycles. The zero-order chi connectivity index (χ0) is 22.3. The normalized spacial score (nSPS) is 27.2. The Hall–Kier alpha value is -3.22. The average Bonchev–Trinajstić information content (AvgIpc) is 3.06. The van der Waals surface area contributed by atoms with Crippen molar-refractivity contribution < 1.29 is 23.5 Å². The predicted molar refractivity (Wildman–Crippen MR) is 115 cm³/mol. The number of carbonyl (C=O) groups is 3. The number of esters is 1. The van der Waals surface area contributed by atoms with Crippen molar-refractivity contribution in [2.45, 2.75) is 50.2 Å². The smallest absolute Gasteiger partial charge is 0.339 e. The third-order valence-electron chi connectivity index (χ3n) is 6.98. The summed E-state index contributed by atoms with van der Waals surface area (Å²) in [4.78, 5) is 39.3. The molecule has 3 aliphatic rings. The van der Waals surface area contributed by atoms with E-state index in [1.54, 1.807) is 23.1 Å². The quantitative estimate of drug-likeness (QED) is 0.745.